The number of hydrogen-bond donors (Lipinski definition) is 1. The molecule has 0 atom stereocenters. The standard InChI is InChI=1S/C14H12N2O3S/c1-8-13(11-6-20-7-15-11)14(19-16-8)10-4-3-9(18-2)5-12(10)17/h3-7,17H,1-2H3. The Balaban J connectivity index is 2.16. The molecular formula is C14H12N2O3S. The number of phenols is 1. The molecule has 0 radical (unpaired) electrons. The summed E-state index contributed by atoms with van der Waals surface area (Å²) < 4.78 is 10.5. The minimum atomic E-state index is 0.0805. The summed E-state index contributed by atoms with van der Waals surface area (Å²) in [6.45, 7) is 1.85. The zero-order valence-electron chi connectivity index (χ0n) is 11.0. The fourth-order valence-corrected chi connectivity index (χ4v) is 2.56. The molecule has 0 bridgehead atoms. The van der Waals surface area contributed by atoms with Gasteiger partial charge in [0.1, 0.15) is 11.5 Å². The van der Waals surface area contributed by atoms with Crippen LogP contribution in [0.2, 0.25) is 0 Å². The summed E-state index contributed by atoms with van der Waals surface area (Å²) in [6, 6.07) is 5.04. The molecule has 0 saturated heterocycles. The zero-order valence-corrected chi connectivity index (χ0v) is 11.8. The molecule has 0 aliphatic rings. The van der Waals surface area contributed by atoms with Crippen molar-refractivity contribution in [3.8, 4) is 34.1 Å². The molecule has 3 aromatic rings. The number of benzene rings is 1. The van der Waals surface area contributed by atoms with Crippen LogP contribution in [0, 0.1) is 6.92 Å². The Hall–Kier alpha value is -2.34. The minimum Gasteiger partial charge on any atom is -0.507 e. The first-order valence-corrected chi connectivity index (χ1v) is 6.87. The Kier molecular flexibility index (Phi) is 3.15. The number of aryl methyl sites for hydroxylation is 1. The van der Waals surface area contributed by atoms with Crippen molar-refractivity contribution in [2.45, 2.75) is 6.92 Å². The summed E-state index contributed by atoms with van der Waals surface area (Å²) in [5.74, 6) is 1.17. The summed E-state index contributed by atoms with van der Waals surface area (Å²) in [5.41, 5.74) is 4.64. The Bertz CT molecular complexity index is 735. The van der Waals surface area contributed by atoms with E-state index in [0.29, 0.717) is 17.1 Å². The monoisotopic (exact) mass is 288 g/mol. The topological polar surface area (TPSA) is 68.4 Å². The molecule has 102 valence electrons. The summed E-state index contributed by atoms with van der Waals surface area (Å²) in [6.07, 6.45) is 0. The maximum atomic E-state index is 10.1. The molecule has 0 saturated carbocycles. The van der Waals surface area contributed by atoms with Crippen molar-refractivity contribution >= 4 is 11.3 Å². The van der Waals surface area contributed by atoms with Gasteiger partial charge in [-0.3, -0.25) is 0 Å². The third-order valence-corrected chi connectivity index (χ3v) is 3.59. The normalized spacial score (nSPS) is 10.7. The van der Waals surface area contributed by atoms with Crippen molar-refractivity contribution in [3.05, 3.63) is 34.8 Å². The summed E-state index contributed by atoms with van der Waals surface area (Å²) in [4.78, 5) is 4.28. The van der Waals surface area contributed by atoms with Gasteiger partial charge in [-0.25, -0.2) is 4.98 Å². The van der Waals surface area contributed by atoms with E-state index < -0.39 is 0 Å². The van der Waals surface area contributed by atoms with Crippen LogP contribution in [0.25, 0.3) is 22.6 Å². The van der Waals surface area contributed by atoms with Gasteiger partial charge in [0, 0.05) is 11.4 Å². The molecule has 20 heavy (non-hydrogen) atoms. The number of thiazole rings is 1. The molecule has 3 rings (SSSR count). The molecule has 0 unspecified atom stereocenters. The van der Waals surface area contributed by atoms with Crippen LogP contribution in [-0.2, 0) is 0 Å². The van der Waals surface area contributed by atoms with Gasteiger partial charge in [-0.2, -0.15) is 0 Å². The molecule has 0 aliphatic carbocycles. The molecular weight excluding hydrogens is 276 g/mol. The molecule has 1 N–H and O–H groups in total. The van der Waals surface area contributed by atoms with Gasteiger partial charge in [0.2, 0.25) is 0 Å². The zero-order chi connectivity index (χ0) is 14.1. The Morgan fingerprint density at radius 2 is 2.20 bits per heavy atom. The molecule has 2 heterocycles. The van der Waals surface area contributed by atoms with Gasteiger partial charge >= 0.3 is 0 Å². The molecule has 0 spiro atoms. The highest BCUT2D eigenvalue weighted by molar-refractivity contribution is 7.07. The maximum Gasteiger partial charge on any atom is 0.180 e. The van der Waals surface area contributed by atoms with Gasteiger partial charge in [0.15, 0.2) is 5.76 Å². The van der Waals surface area contributed by atoms with E-state index in [0.717, 1.165) is 17.0 Å². The first-order valence-electron chi connectivity index (χ1n) is 5.93. The predicted molar refractivity (Wildman–Crippen MR) is 76.0 cm³/mol. The fraction of sp³-hybridized carbons (Fsp3) is 0.143. The highest BCUT2D eigenvalue weighted by Crippen LogP contribution is 2.39. The van der Waals surface area contributed by atoms with E-state index in [9.17, 15) is 5.11 Å². The van der Waals surface area contributed by atoms with Crippen LogP contribution in [0.4, 0.5) is 0 Å². The summed E-state index contributed by atoms with van der Waals surface area (Å²) >= 11 is 1.50. The number of methoxy groups -OCH3 is 1. The van der Waals surface area contributed by atoms with E-state index >= 15 is 0 Å². The third kappa shape index (κ3) is 2.04. The molecule has 5 nitrogen and oxygen atoms in total. The van der Waals surface area contributed by atoms with Crippen molar-refractivity contribution in [2.75, 3.05) is 7.11 Å². The minimum absolute atomic E-state index is 0.0805. The first-order chi connectivity index (χ1) is 9.70. The Morgan fingerprint density at radius 3 is 2.85 bits per heavy atom. The lowest BCUT2D eigenvalue weighted by atomic mass is 10.0. The lowest BCUT2D eigenvalue weighted by molar-refractivity contribution is 0.405. The van der Waals surface area contributed by atoms with Crippen LogP contribution in [0.3, 0.4) is 0 Å². The smallest absolute Gasteiger partial charge is 0.180 e. The van der Waals surface area contributed by atoms with Gasteiger partial charge < -0.3 is 14.4 Å². The van der Waals surface area contributed by atoms with Crippen molar-refractivity contribution in [3.63, 3.8) is 0 Å². The second-order valence-electron chi connectivity index (χ2n) is 4.23. The van der Waals surface area contributed by atoms with E-state index in [2.05, 4.69) is 10.1 Å². The Labute approximate surface area is 119 Å². The maximum absolute atomic E-state index is 10.1. The van der Waals surface area contributed by atoms with Crippen LogP contribution >= 0.6 is 11.3 Å². The van der Waals surface area contributed by atoms with E-state index in [4.69, 9.17) is 9.26 Å². The number of phenolic OH excluding ortho intramolecular Hbond substituents is 1. The molecule has 2 aromatic heterocycles. The van der Waals surface area contributed by atoms with Crippen molar-refractivity contribution in [1.82, 2.24) is 10.1 Å². The van der Waals surface area contributed by atoms with Crippen LogP contribution in [-0.4, -0.2) is 22.4 Å². The molecule has 0 amide bonds. The summed E-state index contributed by atoms with van der Waals surface area (Å²) in [7, 11) is 1.55. The van der Waals surface area contributed by atoms with Crippen LogP contribution in [0.5, 0.6) is 11.5 Å². The molecule has 0 aliphatic heterocycles. The third-order valence-electron chi connectivity index (χ3n) is 3.00. The van der Waals surface area contributed by atoms with Crippen LogP contribution in [0.15, 0.2) is 33.6 Å². The fourth-order valence-electron chi connectivity index (χ4n) is 2.02. The van der Waals surface area contributed by atoms with Crippen molar-refractivity contribution in [1.29, 1.82) is 0 Å². The van der Waals surface area contributed by atoms with Crippen LogP contribution in [0.1, 0.15) is 5.69 Å². The number of ether oxygens (including phenoxy) is 1. The van der Waals surface area contributed by atoms with E-state index in [1.54, 1.807) is 24.8 Å². The number of aromatic nitrogens is 2. The summed E-state index contributed by atoms with van der Waals surface area (Å²) in [5, 5.41) is 16.0. The quantitative estimate of drug-likeness (QED) is 0.799. The lowest BCUT2D eigenvalue weighted by Crippen LogP contribution is -1.86. The molecule has 1 aromatic carbocycles. The van der Waals surface area contributed by atoms with E-state index in [1.165, 1.54) is 17.4 Å². The number of aromatic hydroxyl groups is 1. The van der Waals surface area contributed by atoms with Crippen molar-refractivity contribution < 1.29 is 14.4 Å². The van der Waals surface area contributed by atoms with Gasteiger partial charge in [-0.05, 0) is 19.1 Å². The average Bonchev–Trinajstić information content (AvgIpc) is 3.07. The number of nitrogens with zero attached hydrogens (tertiary/aromatic N) is 2. The number of hydrogen-bond acceptors (Lipinski definition) is 6. The van der Waals surface area contributed by atoms with Gasteiger partial charge in [-0.1, -0.05) is 5.16 Å². The predicted octanol–water partition coefficient (Wildman–Crippen LogP) is 3.49. The van der Waals surface area contributed by atoms with Gasteiger partial charge in [0.25, 0.3) is 0 Å². The second kappa shape index (κ2) is 4.97. The average molecular weight is 288 g/mol. The highest BCUT2D eigenvalue weighted by Gasteiger charge is 2.20. The molecule has 0 fully saturated rings. The SMILES string of the molecule is COc1ccc(-c2onc(C)c2-c2cscn2)c(O)c1. The van der Waals surface area contributed by atoms with Gasteiger partial charge in [0.05, 0.1) is 35.1 Å². The van der Waals surface area contributed by atoms with E-state index in [1.807, 2.05) is 12.3 Å². The second-order valence-corrected chi connectivity index (χ2v) is 4.95. The number of rotatable bonds is 3. The highest BCUT2D eigenvalue weighted by atomic mass is 32.1. The Morgan fingerprint density at radius 1 is 1.35 bits per heavy atom. The first kappa shape index (κ1) is 12.7. The van der Waals surface area contributed by atoms with Crippen molar-refractivity contribution in [2.24, 2.45) is 0 Å². The van der Waals surface area contributed by atoms with Crippen LogP contribution < -0.4 is 4.74 Å². The largest absolute Gasteiger partial charge is 0.507 e. The lowest BCUT2D eigenvalue weighted by Gasteiger charge is -2.05. The molecule has 6 heteroatoms. The van der Waals surface area contributed by atoms with E-state index in [-0.39, 0.29) is 5.75 Å². The van der Waals surface area contributed by atoms with Gasteiger partial charge in [-0.15, -0.1) is 11.3 Å².